The molecule has 12 heteroatoms. The van der Waals surface area contributed by atoms with E-state index in [4.69, 9.17) is 19.9 Å². The van der Waals surface area contributed by atoms with Crippen LogP contribution in [0.15, 0.2) is 85.1 Å². The van der Waals surface area contributed by atoms with Crippen LogP contribution in [-0.4, -0.2) is 42.2 Å². The first-order valence-electron chi connectivity index (χ1n) is 15.3. The van der Waals surface area contributed by atoms with Crippen molar-refractivity contribution in [3.05, 3.63) is 102 Å². The lowest BCUT2D eigenvalue weighted by atomic mass is 9.85. The zero-order chi connectivity index (χ0) is 35.3. The summed E-state index contributed by atoms with van der Waals surface area (Å²) >= 11 is 0. The van der Waals surface area contributed by atoms with E-state index in [-0.39, 0.29) is 23.1 Å². The van der Waals surface area contributed by atoms with Crippen molar-refractivity contribution in [2.24, 2.45) is 5.73 Å². The molecule has 49 heavy (non-hydrogen) atoms. The minimum Gasteiger partial charge on any atom is -0.496 e. The third-order valence-corrected chi connectivity index (χ3v) is 7.64. The van der Waals surface area contributed by atoms with Gasteiger partial charge in [0.2, 0.25) is 5.91 Å². The molecule has 5 rings (SSSR count). The number of nitrogens with one attached hydrogen (secondary N) is 3. The van der Waals surface area contributed by atoms with Gasteiger partial charge in [0.1, 0.15) is 34.4 Å². The molecule has 0 saturated heterocycles. The van der Waals surface area contributed by atoms with E-state index in [9.17, 15) is 19.5 Å². The number of nitrogens with two attached hydrogens (primary N) is 1. The average molecular weight is 664 g/mol. The van der Waals surface area contributed by atoms with Crippen LogP contribution in [0.2, 0.25) is 0 Å². The van der Waals surface area contributed by atoms with Crippen molar-refractivity contribution in [1.82, 2.24) is 4.98 Å². The number of aromatic carboxylic acids is 1. The molecule has 3 amide bonds. The Labute approximate surface area is 283 Å². The van der Waals surface area contributed by atoms with Crippen LogP contribution in [0, 0.1) is 0 Å². The van der Waals surface area contributed by atoms with Crippen LogP contribution in [0.25, 0.3) is 10.8 Å². The van der Waals surface area contributed by atoms with Crippen molar-refractivity contribution < 1.29 is 33.7 Å². The first-order valence-corrected chi connectivity index (χ1v) is 15.3. The summed E-state index contributed by atoms with van der Waals surface area (Å²) in [6.07, 6.45) is 1.54. The number of anilines is 4. The summed E-state index contributed by atoms with van der Waals surface area (Å²) in [7, 11) is 2.88. The number of primary amides is 1. The van der Waals surface area contributed by atoms with Crippen LogP contribution in [-0.2, 0) is 16.6 Å². The summed E-state index contributed by atoms with van der Waals surface area (Å²) in [5.41, 5.74) is 8.29. The summed E-state index contributed by atoms with van der Waals surface area (Å²) in [5, 5.41) is 19.8. The van der Waals surface area contributed by atoms with Crippen molar-refractivity contribution in [2.75, 3.05) is 30.2 Å². The van der Waals surface area contributed by atoms with E-state index in [1.54, 1.807) is 42.6 Å². The Hall–Kier alpha value is -6.30. The molecule has 0 aliphatic rings. The molecule has 0 bridgehead atoms. The Balaban J connectivity index is 1.38. The maximum Gasteiger partial charge on any atom is 0.339 e. The van der Waals surface area contributed by atoms with Gasteiger partial charge in [-0.25, -0.2) is 14.6 Å². The van der Waals surface area contributed by atoms with E-state index in [0.717, 1.165) is 16.3 Å². The topological polar surface area (TPSA) is 174 Å². The molecule has 0 atom stereocenters. The summed E-state index contributed by atoms with van der Waals surface area (Å²) < 4.78 is 17.1. The number of nitrogens with zero attached hydrogens (tertiary/aromatic N) is 1. The van der Waals surface area contributed by atoms with Crippen LogP contribution >= 0.6 is 0 Å². The van der Waals surface area contributed by atoms with Gasteiger partial charge in [-0.3, -0.25) is 4.79 Å². The number of carboxylic acids is 1. The molecule has 252 valence electrons. The van der Waals surface area contributed by atoms with Gasteiger partial charge in [-0.1, -0.05) is 51.1 Å². The Morgan fingerprint density at radius 3 is 2.24 bits per heavy atom. The van der Waals surface area contributed by atoms with Gasteiger partial charge in [0.25, 0.3) is 0 Å². The highest BCUT2D eigenvalue weighted by Crippen LogP contribution is 2.38. The summed E-state index contributed by atoms with van der Waals surface area (Å²) in [5.74, 6) is 0.470. The van der Waals surface area contributed by atoms with Crippen molar-refractivity contribution in [1.29, 1.82) is 0 Å². The minimum atomic E-state index is -1.09. The fourth-order valence-electron chi connectivity index (χ4n) is 5.28. The number of urea groups is 1. The molecule has 0 unspecified atom stereocenters. The first-order chi connectivity index (χ1) is 23.4. The normalized spacial score (nSPS) is 11.0. The van der Waals surface area contributed by atoms with Gasteiger partial charge in [0.15, 0.2) is 0 Å². The molecular weight excluding hydrogens is 626 g/mol. The number of benzene rings is 4. The second-order valence-corrected chi connectivity index (χ2v) is 12.2. The number of hydrogen-bond acceptors (Lipinski definition) is 8. The van der Waals surface area contributed by atoms with E-state index in [1.807, 2.05) is 57.2 Å². The largest absolute Gasteiger partial charge is 0.496 e. The van der Waals surface area contributed by atoms with Crippen LogP contribution in [0.1, 0.15) is 42.3 Å². The predicted molar refractivity (Wildman–Crippen MR) is 189 cm³/mol. The van der Waals surface area contributed by atoms with Gasteiger partial charge in [-0.05, 0) is 47.4 Å². The zero-order valence-corrected chi connectivity index (χ0v) is 27.7. The number of pyridine rings is 1. The van der Waals surface area contributed by atoms with Crippen molar-refractivity contribution in [3.63, 3.8) is 0 Å². The second-order valence-electron chi connectivity index (χ2n) is 12.2. The number of hydrogen-bond donors (Lipinski definition) is 5. The Kier molecular flexibility index (Phi) is 9.88. The van der Waals surface area contributed by atoms with Gasteiger partial charge >= 0.3 is 12.0 Å². The van der Waals surface area contributed by atoms with E-state index < -0.39 is 17.9 Å². The quantitative estimate of drug-likeness (QED) is 0.0961. The molecule has 0 radical (unpaired) electrons. The van der Waals surface area contributed by atoms with Gasteiger partial charge in [-0.2, -0.15) is 0 Å². The van der Waals surface area contributed by atoms with Crippen molar-refractivity contribution in [3.8, 4) is 23.0 Å². The van der Waals surface area contributed by atoms with Crippen LogP contribution < -0.4 is 35.9 Å². The number of methoxy groups -OCH3 is 2. The monoisotopic (exact) mass is 663 g/mol. The number of carbonyl (C=O) groups is 3. The van der Waals surface area contributed by atoms with Gasteiger partial charge in [-0.15, -0.1) is 0 Å². The minimum absolute atomic E-state index is 0.0425. The number of carbonyl (C=O) groups excluding carboxylic acids is 2. The van der Waals surface area contributed by atoms with E-state index in [2.05, 4.69) is 20.9 Å². The van der Waals surface area contributed by atoms with Crippen molar-refractivity contribution >= 4 is 51.6 Å². The molecule has 12 nitrogen and oxygen atoms in total. The van der Waals surface area contributed by atoms with Gasteiger partial charge in [0, 0.05) is 40.4 Å². The molecule has 4 aromatic carbocycles. The lowest BCUT2D eigenvalue weighted by Crippen LogP contribution is -2.22. The third-order valence-electron chi connectivity index (χ3n) is 7.64. The molecule has 1 heterocycles. The smallest absolute Gasteiger partial charge is 0.339 e. The lowest BCUT2D eigenvalue weighted by molar-refractivity contribution is -0.117. The van der Waals surface area contributed by atoms with Crippen LogP contribution in [0.5, 0.6) is 23.0 Å². The molecule has 0 aliphatic carbocycles. The maximum atomic E-state index is 13.4. The number of aromatic nitrogens is 1. The fraction of sp³-hybridized carbons (Fsp3) is 0.189. The Morgan fingerprint density at radius 1 is 0.837 bits per heavy atom. The highest BCUT2D eigenvalue weighted by Gasteiger charge is 2.22. The van der Waals surface area contributed by atoms with Crippen LogP contribution in [0.3, 0.4) is 0 Å². The maximum absolute atomic E-state index is 13.4. The highest BCUT2D eigenvalue weighted by atomic mass is 16.5. The van der Waals surface area contributed by atoms with E-state index >= 15 is 0 Å². The number of amides is 3. The Bertz CT molecular complexity index is 2060. The number of ether oxygens (including phenoxy) is 3. The fourth-order valence-corrected chi connectivity index (χ4v) is 5.28. The highest BCUT2D eigenvalue weighted by molar-refractivity contribution is 6.08. The predicted octanol–water partition coefficient (Wildman–Crippen LogP) is 7.46. The standard InChI is InChI=1S/C37H37N5O7/c1-37(2,3)22-16-21(17-32(38)43)34(48-5)29(18-22)42-36(46)41-28-12-13-30(26-9-7-6-8-25(26)28)49-24-14-15-39-33(20-24)40-23-10-11-27(35(44)45)31(19-23)47-4/h6-16,18-20H,17H2,1-5H3,(H2,38,43)(H,39,40)(H,44,45)(H2,41,42,46). The second kappa shape index (κ2) is 14.2. The molecule has 0 spiro atoms. The zero-order valence-electron chi connectivity index (χ0n) is 27.7. The Morgan fingerprint density at radius 2 is 1.57 bits per heavy atom. The van der Waals surface area contributed by atoms with E-state index in [1.165, 1.54) is 20.3 Å². The molecule has 0 fully saturated rings. The SMILES string of the molecule is COc1cc(Nc2cc(Oc3ccc(NC(=O)Nc4cc(C(C)(C)C)cc(CC(N)=O)c4OC)c4ccccc34)ccn2)ccc1C(=O)O. The molecule has 1 aromatic heterocycles. The molecule has 0 aliphatic heterocycles. The van der Waals surface area contributed by atoms with E-state index in [0.29, 0.717) is 45.7 Å². The first kappa shape index (κ1) is 34.0. The summed E-state index contributed by atoms with van der Waals surface area (Å²) in [6, 6.07) is 22.2. The summed E-state index contributed by atoms with van der Waals surface area (Å²) in [4.78, 5) is 41.0. The van der Waals surface area contributed by atoms with Crippen molar-refractivity contribution in [2.45, 2.75) is 32.6 Å². The molecule has 6 N–H and O–H groups in total. The molecule has 0 saturated carbocycles. The van der Waals surface area contributed by atoms with Crippen LogP contribution in [0.4, 0.5) is 27.7 Å². The number of fused-ring (bicyclic) bond motifs is 1. The summed E-state index contributed by atoms with van der Waals surface area (Å²) in [6.45, 7) is 6.10. The number of carboxylic acid groups (broad SMARTS) is 1. The molecular formula is C37H37N5O7. The average Bonchev–Trinajstić information content (AvgIpc) is 3.05. The number of rotatable bonds is 11. The van der Waals surface area contributed by atoms with Gasteiger partial charge < -0.3 is 41.0 Å². The third kappa shape index (κ3) is 7.99. The van der Waals surface area contributed by atoms with Gasteiger partial charge in [0.05, 0.1) is 32.0 Å². The molecule has 5 aromatic rings. The lowest BCUT2D eigenvalue weighted by Gasteiger charge is -2.23.